The summed E-state index contributed by atoms with van der Waals surface area (Å²) in [5.41, 5.74) is 3.75. The van der Waals surface area contributed by atoms with Crippen LogP contribution < -0.4 is 10.6 Å². The Morgan fingerprint density at radius 1 is 1.15 bits per heavy atom. The fraction of sp³-hybridized carbons (Fsp3) is 0.381. The van der Waals surface area contributed by atoms with E-state index in [9.17, 15) is 4.79 Å². The number of anilines is 1. The minimum absolute atomic E-state index is 0.183. The number of aromatic nitrogens is 2. The van der Waals surface area contributed by atoms with Crippen LogP contribution in [0, 0.1) is 6.92 Å². The summed E-state index contributed by atoms with van der Waals surface area (Å²) >= 11 is 0. The monoisotopic (exact) mass is 350 g/mol. The van der Waals surface area contributed by atoms with Gasteiger partial charge in [-0.2, -0.15) is 0 Å². The van der Waals surface area contributed by atoms with Crippen LogP contribution in [0.3, 0.4) is 0 Å². The molecule has 5 heteroatoms. The van der Waals surface area contributed by atoms with Crippen LogP contribution in [0.4, 0.5) is 5.95 Å². The van der Waals surface area contributed by atoms with Gasteiger partial charge in [0.1, 0.15) is 5.69 Å². The highest BCUT2D eigenvalue weighted by Gasteiger charge is 2.11. The van der Waals surface area contributed by atoms with Gasteiger partial charge in [0.25, 0.3) is 5.91 Å². The summed E-state index contributed by atoms with van der Waals surface area (Å²) in [7, 11) is 0. The van der Waals surface area contributed by atoms with Gasteiger partial charge in [-0.3, -0.25) is 4.79 Å². The van der Waals surface area contributed by atoms with Crippen molar-refractivity contribution in [3.63, 3.8) is 0 Å². The smallest absolute Gasteiger partial charge is 0.270 e. The maximum Gasteiger partial charge on any atom is 0.270 e. The molecular weight excluding hydrogens is 324 g/mol. The summed E-state index contributed by atoms with van der Waals surface area (Å²) in [6.07, 6.45) is 8.35. The predicted octanol–water partition coefficient (Wildman–Crippen LogP) is 4.02. The van der Waals surface area contributed by atoms with E-state index in [1.807, 2.05) is 37.3 Å². The van der Waals surface area contributed by atoms with Gasteiger partial charge in [0.15, 0.2) is 0 Å². The van der Waals surface area contributed by atoms with Crippen LogP contribution in [0.2, 0.25) is 0 Å². The Balaban J connectivity index is 1.56. The molecule has 0 aliphatic heterocycles. The van der Waals surface area contributed by atoms with Crippen LogP contribution in [-0.2, 0) is 6.54 Å². The molecule has 0 saturated heterocycles. The molecule has 136 valence electrons. The third kappa shape index (κ3) is 5.41. The molecule has 0 radical (unpaired) electrons. The van der Waals surface area contributed by atoms with Crippen molar-refractivity contribution in [2.75, 3.05) is 11.9 Å². The first-order chi connectivity index (χ1) is 12.7. The van der Waals surface area contributed by atoms with E-state index in [1.165, 1.54) is 31.3 Å². The fourth-order valence-electron chi connectivity index (χ4n) is 3.10. The van der Waals surface area contributed by atoms with Crippen molar-refractivity contribution in [1.82, 2.24) is 15.3 Å². The van der Waals surface area contributed by atoms with Gasteiger partial charge < -0.3 is 10.6 Å². The number of allylic oxidation sites excluding steroid dienone is 1. The van der Waals surface area contributed by atoms with Gasteiger partial charge in [-0.05, 0) is 50.7 Å². The zero-order valence-corrected chi connectivity index (χ0v) is 15.3. The van der Waals surface area contributed by atoms with Crippen molar-refractivity contribution in [2.45, 2.75) is 45.6 Å². The number of carbonyl (C=O) groups excluding carboxylic acids is 1. The Hall–Kier alpha value is -2.69. The van der Waals surface area contributed by atoms with Gasteiger partial charge in [0.05, 0.1) is 0 Å². The summed E-state index contributed by atoms with van der Waals surface area (Å²) < 4.78 is 0. The molecule has 1 amide bonds. The molecule has 2 N–H and O–H groups in total. The molecule has 0 bridgehead atoms. The van der Waals surface area contributed by atoms with Gasteiger partial charge in [0.2, 0.25) is 5.95 Å². The van der Waals surface area contributed by atoms with Crippen molar-refractivity contribution < 1.29 is 4.79 Å². The van der Waals surface area contributed by atoms with E-state index >= 15 is 0 Å². The van der Waals surface area contributed by atoms with Gasteiger partial charge in [-0.25, -0.2) is 9.97 Å². The lowest BCUT2D eigenvalue weighted by Gasteiger charge is -2.13. The molecule has 3 rings (SSSR count). The number of nitrogens with zero attached hydrogens (tertiary/aromatic N) is 2. The van der Waals surface area contributed by atoms with Gasteiger partial charge in [0, 0.05) is 18.8 Å². The first kappa shape index (κ1) is 18.1. The molecule has 2 aromatic rings. The highest BCUT2D eigenvalue weighted by Crippen LogP contribution is 2.19. The van der Waals surface area contributed by atoms with Crippen LogP contribution in [0.15, 0.2) is 48.0 Å². The molecule has 5 nitrogen and oxygen atoms in total. The first-order valence-electron chi connectivity index (χ1n) is 9.30. The molecule has 1 aromatic heterocycles. The lowest BCUT2D eigenvalue weighted by Crippen LogP contribution is -2.24. The van der Waals surface area contributed by atoms with Crippen LogP contribution in [0.5, 0.6) is 0 Å². The molecule has 0 unspecified atom stereocenters. The normalized spacial score (nSPS) is 13.8. The molecule has 1 aromatic carbocycles. The van der Waals surface area contributed by atoms with Crippen molar-refractivity contribution >= 4 is 11.9 Å². The molecule has 26 heavy (non-hydrogen) atoms. The molecule has 1 aliphatic carbocycles. The Morgan fingerprint density at radius 2 is 2.00 bits per heavy atom. The van der Waals surface area contributed by atoms with Gasteiger partial charge >= 0.3 is 0 Å². The van der Waals surface area contributed by atoms with Crippen LogP contribution in [0.25, 0.3) is 0 Å². The number of carbonyl (C=O) groups is 1. The second-order valence-corrected chi connectivity index (χ2v) is 6.67. The SMILES string of the molecule is Cc1cc(C(=O)NCc2ccccc2)nc(NCCC2=CCCCC2)n1. The summed E-state index contributed by atoms with van der Waals surface area (Å²) in [4.78, 5) is 21.2. The van der Waals surface area contributed by atoms with E-state index in [0.29, 0.717) is 18.2 Å². The van der Waals surface area contributed by atoms with Crippen molar-refractivity contribution in [3.8, 4) is 0 Å². The number of nitrogens with one attached hydrogen (secondary N) is 2. The van der Waals surface area contributed by atoms with E-state index in [2.05, 4.69) is 26.7 Å². The highest BCUT2D eigenvalue weighted by molar-refractivity contribution is 5.92. The molecule has 1 aliphatic rings. The molecule has 0 spiro atoms. The van der Waals surface area contributed by atoms with Crippen molar-refractivity contribution in [3.05, 3.63) is 65.0 Å². The van der Waals surface area contributed by atoms with Crippen LogP contribution in [0.1, 0.15) is 53.8 Å². The van der Waals surface area contributed by atoms with E-state index < -0.39 is 0 Å². The Bertz CT molecular complexity index is 771. The minimum Gasteiger partial charge on any atom is -0.354 e. The fourth-order valence-corrected chi connectivity index (χ4v) is 3.10. The highest BCUT2D eigenvalue weighted by atomic mass is 16.1. The van der Waals surface area contributed by atoms with Gasteiger partial charge in [-0.1, -0.05) is 42.0 Å². The second kappa shape index (κ2) is 9.13. The van der Waals surface area contributed by atoms with Crippen molar-refractivity contribution in [1.29, 1.82) is 0 Å². The Morgan fingerprint density at radius 3 is 2.77 bits per heavy atom. The number of amides is 1. The van der Waals surface area contributed by atoms with Gasteiger partial charge in [-0.15, -0.1) is 0 Å². The lowest BCUT2D eigenvalue weighted by molar-refractivity contribution is 0.0945. The maximum atomic E-state index is 12.4. The predicted molar refractivity (Wildman–Crippen MR) is 104 cm³/mol. The Labute approximate surface area is 155 Å². The summed E-state index contributed by atoms with van der Waals surface area (Å²) in [5.74, 6) is 0.337. The Kier molecular flexibility index (Phi) is 6.36. The molecule has 0 saturated carbocycles. The number of hydrogen-bond donors (Lipinski definition) is 2. The first-order valence-corrected chi connectivity index (χ1v) is 9.30. The topological polar surface area (TPSA) is 66.9 Å². The lowest BCUT2D eigenvalue weighted by atomic mass is 9.97. The van der Waals surface area contributed by atoms with E-state index in [4.69, 9.17) is 0 Å². The maximum absolute atomic E-state index is 12.4. The second-order valence-electron chi connectivity index (χ2n) is 6.67. The zero-order chi connectivity index (χ0) is 18.2. The molecular formula is C21H26N4O. The third-order valence-corrected chi connectivity index (χ3v) is 4.50. The molecule has 1 heterocycles. The summed E-state index contributed by atoms with van der Waals surface area (Å²) in [5, 5.41) is 6.17. The molecule has 0 fully saturated rings. The minimum atomic E-state index is -0.183. The third-order valence-electron chi connectivity index (χ3n) is 4.50. The van der Waals surface area contributed by atoms with Crippen molar-refractivity contribution in [2.24, 2.45) is 0 Å². The number of hydrogen-bond acceptors (Lipinski definition) is 4. The van der Waals surface area contributed by atoms with E-state index in [-0.39, 0.29) is 5.91 Å². The number of rotatable bonds is 7. The summed E-state index contributed by atoms with van der Waals surface area (Å²) in [6.45, 7) is 3.16. The van der Waals surface area contributed by atoms with E-state index in [0.717, 1.165) is 24.2 Å². The standard InChI is InChI=1S/C21H26N4O/c1-16-14-19(20(26)23-15-18-10-6-3-7-11-18)25-21(24-16)22-13-12-17-8-4-2-5-9-17/h3,6-8,10-11,14H,2,4-5,9,12-13,15H2,1H3,(H,23,26)(H,22,24,25). The summed E-state index contributed by atoms with van der Waals surface area (Å²) in [6, 6.07) is 11.6. The largest absolute Gasteiger partial charge is 0.354 e. The number of aryl methyl sites for hydroxylation is 1. The van der Waals surface area contributed by atoms with Crippen LogP contribution >= 0.6 is 0 Å². The molecule has 0 atom stereocenters. The average Bonchev–Trinajstić information content (AvgIpc) is 2.67. The number of benzene rings is 1. The quantitative estimate of drug-likeness (QED) is 0.740. The average molecular weight is 350 g/mol. The van der Waals surface area contributed by atoms with E-state index in [1.54, 1.807) is 6.07 Å². The van der Waals surface area contributed by atoms with Crippen LogP contribution in [-0.4, -0.2) is 22.4 Å². The zero-order valence-electron chi connectivity index (χ0n) is 15.3.